The van der Waals surface area contributed by atoms with Crippen LogP contribution in [0.5, 0.6) is 0 Å². The molecule has 8 nitrogen and oxygen atoms in total. The molecule has 2 N–H and O–H groups in total. The van der Waals surface area contributed by atoms with Gasteiger partial charge in [0.1, 0.15) is 17.5 Å². The molecule has 1 aliphatic carbocycles. The Kier molecular flexibility index (Phi) is 8.56. The van der Waals surface area contributed by atoms with Crippen molar-refractivity contribution in [3.05, 3.63) is 77.1 Å². The second-order valence-corrected chi connectivity index (χ2v) is 13.4. The standard InChI is InChI=1S/C34H40ClFN4O4/c1-20-8-7-11-26(21(20)2)38-32(42)30-34-15-14-27(44-34)28(31(41)37-23-12-13-25(36)24(35)18-23)29(34)33(43)40(30)17-16-39(3)19-22-9-5-4-6-10-22/h4-6,9-10,12-15,18,20-21,26-30H,7-8,11,16-17,19H2,1-3H3,(H,37,41)(H,38,42)/t20?,21?,26?,27-,28?,29-,30?,34?/m1/s1. The lowest BCUT2D eigenvalue weighted by atomic mass is 9.73. The number of halogens is 2. The van der Waals surface area contributed by atoms with Gasteiger partial charge in [0.2, 0.25) is 17.7 Å². The molecule has 3 heterocycles. The number of anilines is 1. The highest BCUT2D eigenvalue weighted by molar-refractivity contribution is 6.31. The molecule has 2 saturated heterocycles. The number of carbonyl (C=O) groups excluding carboxylic acids is 3. The van der Waals surface area contributed by atoms with Gasteiger partial charge in [-0.2, -0.15) is 0 Å². The van der Waals surface area contributed by atoms with Crippen LogP contribution < -0.4 is 10.6 Å². The Balaban J connectivity index is 1.26. The molecule has 3 amide bonds. The van der Waals surface area contributed by atoms with Crippen molar-refractivity contribution in [2.24, 2.45) is 23.7 Å². The number of rotatable bonds is 9. The van der Waals surface area contributed by atoms with E-state index in [0.717, 1.165) is 24.8 Å². The Hall–Kier alpha value is -3.27. The van der Waals surface area contributed by atoms with E-state index < -0.39 is 41.3 Å². The summed E-state index contributed by atoms with van der Waals surface area (Å²) in [6.45, 7) is 5.91. The van der Waals surface area contributed by atoms with Crippen LogP contribution in [0.25, 0.3) is 0 Å². The van der Waals surface area contributed by atoms with Gasteiger partial charge in [-0.3, -0.25) is 14.4 Å². The lowest BCUT2D eigenvalue weighted by Crippen LogP contribution is -2.58. The molecule has 0 radical (unpaired) electrons. The maximum absolute atomic E-state index is 14.3. The number of amides is 3. The van der Waals surface area contributed by atoms with Crippen LogP contribution in [-0.4, -0.2) is 71.4 Å². The summed E-state index contributed by atoms with van der Waals surface area (Å²) in [7, 11) is 1.99. The van der Waals surface area contributed by atoms with Crippen LogP contribution >= 0.6 is 11.6 Å². The van der Waals surface area contributed by atoms with Crippen LogP contribution in [0, 0.1) is 29.5 Å². The summed E-state index contributed by atoms with van der Waals surface area (Å²) in [4.78, 5) is 46.0. The van der Waals surface area contributed by atoms with Gasteiger partial charge in [0, 0.05) is 31.4 Å². The van der Waals surface area contributed by atoms with Gasteiger partial charge in [-0.15, -0.1) is 0 Å². The maximum atomic E-state index is 14.3. The van der Waals surface area contributed by atoms with Crippen LogP contribution in [0.4, 0.5) is 10.1 Å². The molecule has 3 aliphatic heterocycles. The minimum Gasteiger partial charge on any atom is -0.359 e. The third-order valence-corrected chi connectivity index (χ3v) is 10.5. The highest BCUT2D eigenvalue weighted by Gasteiger charge is 2.72. The van der Waals surface area contributed by atoms with E-state index >= 15 is 0 Å². The summed E-state index contributed by atoms with van der Waals surface area (Å²) in [6, 6.07) is 13.1. The molecule has 234 valence electrons. The molecule has 44 heavy (non-hydrogen) atoms. The predicted octanol–water partition coefficient (Wildman–Crippen LogP) is 4.64. The summed E-state index contributed by atoms with van der Waals surface area (Å²) in [5.41, 5.74) is 0.215. The minimum atomic E-state index is -1.25. The minimum absolute atomic E-state index is 0.00399. The summed E-state index contributed by atoms with van der Waals surface area (Å²) in [5.74, 6) is -2.47. The van der Waals surface area contributed by atoms with E-state index in [2.05, 4.69) is 41.5 Å². The van der Waals surface area contributed by atoms with E-state index in [4.69, 9.17) is 16.3 Å². The number of carbonyl (C=O) groups is 3. The molecular weight excluding hydrogens is 583 g/mol. The second kappa shape index (κ2) is 12.3. The topological polar surface area (TPSA) is 91.0 Å². The maximum Gasteiger partial charge on any atom is 0.246 e. The first-order chi connectivity index (χ1) is 21.1. The van der Waals surface area contributed by atoms with Gasteiger partial charge < -0.3 is 25.2 Å². The van der Waals surface area contributed by atoms with Crippen LogP contribution in [0.1, 0.15) is 38.7 Å². The summed E-state index contributed by atoms with van der Waals surface area (Å²) in [5, 5.41) is 5.97. The molecule has 6 unspecified atom stereocenters. The highest BCUT2D eigenvalue weighted by Crippen LogP contribution is 2.55. The molecular formula is C34H40ClFN4O4. The lowest BCUT2D eigenvalue weighted by molar-refractivity contribution is -0.141. The Morgan fingerprint density at radius 2 is 1.91 bits per heavy atom. The number of fused-ring (bicyclic) bond motifs is 1. The van der Waals surface area contributed by atoms with E-state index in [9.17, 15) is 18.8 Å². The Morgan fingerprint density at radius 1 is 1.14 bits per heavy atom. The molecule has 2 bridgehead atoms. The van der Waals surface area contributed by atoms with Gasteiger partial charge in [0.05, 0.1) is 23.0 Å². The third kappa shape index (κ3) is 5.54. The van der Waals surface area contributed by atoms with Gasteiger partial charge in [-0.25, -0.2) is 4.39 Å². The van der Waals surface area contributed by atoms with Gasteiger partial charge in [-0.1, -0.05) is 80.8 Å². The molecule has 8 atom stereocenters. The number of likely N-dealkylation sites (tertiary alicyclic amines) is 1. The van der Waals surface area contributed by atoms with E-state index in [1.807, 2.05) is 31.3 Å². The first kappa shape index (κ1) is 30.7. The second-order valence-electron chi connectivity index (χ2n) is 13.0. The summed E-state index contributed by atoms with van der Waals surface area (Å²) >= 11 is 5.94. The average molecular weight is 623 g/mol. The summed E-state index contributed by atoms with van der Waals surface area (Å²) in [6.07, 6.45) is 6.01. The molecule has 0 aromatic heterocycles. The lowest BCUT2D eigenvalue weighted by Gasteiger charge is -2.38. The number of nitrogens with one attached hydrogen (secondary N) is 2. The zero-order valence-corrected chi connectivity index (χ0v) is 26.1. The van der Waals surface area contributed by atoms with Crippen molar-refractivity contribution in [1.82, 2.24) is 15.1 Å². The van der Waals surface area contributed by atoms with Gasteiger partial charge in [0.15, 0.2) is 0 Å². The predicted molar refractivity (Wildman–Crippen MR) is 166 cm³/mol. The Morgan fingerprint density at radius 3 is 2.66 bits per heavy atom. The molecule has 2 aromatic carbocycles. The quantitative estimate of drug-likeness (QED) is 0.398. The number of hydrogen-bond acceptors (Lipinski definition) is 5. The van der Waals surface area contributed by atoms with Gasteiger partial charge in [-0.05, 0) is 49.1 Å². The van der Waals surface area contributed by atoms with Gasteiger partial charge >= 0.3 is 0 Å². The molecule has 1 spiro atoms. The molecule has 3 fully saturated rings. The number of likely N-dealkylation sites (N-methyl/N-ethyl adjacent to an activating group) is 1. The number of ether oxygens (including phenoxy) is 1. The van der Waals surface area contributed by atoms with E-state index in [0.29, 0.717) is 37.2 Å². The van der Waals surface area contributed by atoms with Crippen LogP contribution in [0.15, 0.2) is 60.7 Å². The van der Waals surface area contributed by atoms with Crippen molar-refractivity contribution in [2.75, 3.05) is 25.5 Å². The zero-order valence-electron chi connectivity index (χ0n) is 25.3. The molecule has 2 aromatic rings. The molecule has 4 aliphatic rings. The Bertz CT molecular complexity index is 1460. The van der Waals surface area contributed by atoms with Crippen LogP contribution in [-0.2, 0) is 25.7 Å². The van der Waals surface area contributed by atoms with Crippen molar-refractivity contribution in [1.29, 1.82) is 0 Å². The first-order valence-corrected chi connectivity index (χ1v) is 15.9. The smallest absolute Gasteiger partial charge is 0.246 e. The number of hydrogen-bond donors (Lipinski definition) is 2. The molecule has 6 rings (SSSR count). The fourth-order valence-corrected chi connectivity index (χ4v) is 7.79. The largest absolute Gasteiger partial charge is 0.359 e. The van der Waals surface area contributed by atoms with Crippen molar-refractivity contribution >= 4 is 35.0 Å². The van der Waals surface area contributed by atoms with Crippen molar-refractivity contribution in [3.63, 3.8) is 0 Å². The molecule has 10 heteroatoms. The van der Waals surface area contributed by atoms with E-state index in [1.165, 1.54) is 18.2 Å². The SMILES string of the molecule is CC1CCCC(NC(=O)C2N(CCN(C)Cc3ccccc3)C(=O)[C@H]3C(C(=O)Nc4ccc(F)c(Cl)c4)[C@H]4C=CC23O4)C1C. The van der Waals surface area contributed by atoms with E-state index in [1.54, 1.807) is 11.0 Å². The van der Waals surface area contributed by atoms with Crippen LogP contribution in [0.2, 0.25) is 5.02 Å². The monoisotopic (exact) mass is 622 g/mol. The van der Waals surface area contributed by atoms with Crippen molar-refractivity contribution in [2.45, 2.75) is 63.4 Å². The average Bonchev–Trinajstić information content (AvgIpc) is 3.64. The number of nitrogens with zero attached hydrogens (tertiary/aromatic N) is 2. The molecule has 1 saturated carbocycles. The van der Waals surface area contributed by atoms with Gasteiger partial charge in [0.25, 0.3) is 0 Å². The normalized spacial score (nSPS) is 32.3. The first-order valence-electron chi connectivity index (χ1n) is 15.6. The Labute approximate surface area is 262 Å². The third-order valence-electron chi connectivity index (χ3n) is 10.2. The van der Waals surface area contributed by atoms with Crippen molar-refractivity contribution < 1.29 is 23.5 Å². The fraction of sp³-hybridized carbons (Fsp3) is 0.500. The number of benzene rings is 2. The van der Waals surface area contributed by atoms with Crippen LogP contribution in [0.3, 0.4) is 0 Å². The highest BCUT2D eigenvalue weighted by atomic mass is 35.5. The fourth-order valence-electron chi connectivity index (χ4n) is 7.61. The summed E-state index contributed by atoms with van der Waals surface area (Å²) < 4.78 is 20.2. The van der Waals surface area contributed by atoms with Crippen molar-refractivity contribution in [3.8, 4) is 0 Å². The zero-order chi connectivity index (χ0) is 31.2. The van der Waals surface area contributed by atoms with E-state index in [-0.39, 0.29) is 22.9 Å².